The summed E-state index contributed by atoms with van der Waals surface area (Å²) >= 11 is 0. The maximum absolute atomic E-state index is 10.7. The van der Waals surface area contributed by atoms with Crippen molar-refractivity contribution in [3.8, 4) is 0 Å². The highest BCUT2D eigenvalue weighted by Crippen LogP contribution is 2.19. The van der Waals surface area contributed by atoms with E-state index in [9.17, 15) is 4.79 Å². The van der Waals surface area contributed by atoms with Crippen molar-refractivity contribution < 1.29 is 9.90 Å². The lowest BCUT2D eigenvalue weighted by atomic mass is 9.87. The number of carboxylic acids is 1. The molecule has 0 aromatic heterocycles. The Labute approximate surface area is 80.5 Å². The van der Waals surface area contributed by atoms with Gasteiger partial charge in [0, 0.05) is 6.04 Å². The average molecular weight is 187 g/mol. The Balaban J connectivity index is 4.17. The second-order valence-electron chi connectivity index (χ2n) is 4.55. The van der Waals surface area contributed by atoms with Gasteiger partial charge in [-0.1, -0.05) is 27.7 Å². The quantitative estimate of drug-likeness (QED) is 0.706. The van der Waals surface area contributed by atoms with Gasteiger partial charge in [-0.3, -0.25) is 4.79 Å². The summed E-state index contributed by atoms with van der Waals surface area (Å²) in [5, 5.41) is 11.9. The minimum atomic E-state index is -0.765. The number of carboxylic acid groups (broad SMARTS) is 1. The topological polar surface area (TPSA) is 49.3 Å². The summed E-state index contributed by atoms with van der Waals surface area (Å²) < 4.78 is 0. The summed E-state index contributed by atoms with van der Waals surface area (Å²) in [6, 6.07) is -0.220. The van der Waals surface area contributed by atoms with Crippen molar-refractivity contribution in [3.63, 3.8) is 0 Å². The lowest BCUT2D eigenvalue weighted by Crippen LogP contribution is -2.47. The standard InChI is InChI=1S/C10H21NO2/c1-6-8(9(12)13)11-7(2)10(3,4)5/h7-8,11H,6H2,1-5H3,(H,12,13). The summed E-state index contributed by atoms with van der Waals surface area (Å²) in [7, 11) is 0. The third-order valence-electron chi connectivity index (χ3n) is 2.46. The van der Waals surface area contributed by atoms with Gasteiger partial charge in [-0.2, -0.15) is 0 Å². The van der Waals surface area contributed by atoms with Crippen LogP contribution < -0.4 is 5.32 Å². The Morgan fingerprint density at radius 3 is 2.15 bits per heavy atom. The second-order valence-corrected chi connectivity index (χ2v) is 4.55. The predicted molar refractivity (Wildman–Crippen MR) is 53.8 cm³/mol. The SMILES string of the molecule is CCC(NC(C)C(C)(C)C)C(=O)O. The summed E-state index contributed by atoms with van der Waals surface area (Å²) in [4.78, 5) is 10.7. The van der Waals surface area contributed by atoms with Crippen molar-refractivity contribution >= 4 is 5.97 Å². The van der Waals surface area contributed by atoms with Crippen LogP contribution in [0.5, 0.6) is 0 Å². The monoisotopic (exact) mass is 187 g/mol. The van der Waals surface area contributed by atoms with E-state index >= 15 is 0 Å². The summed E-state index contributed by atoms with van der Waals surface area (Å²) in [6.45, 7) is 10.2. The fraction of sp³-hybridized carbons (Fsp3) is 0.900. The van der Waals surface area contributed by atoms with E-state index in [0.29, 0.717) is 6.42 Å². The van der Waals surface area contributed by atoms with Crippen LogP contribution in [0.15, 0.2) is 0 Å². The zero-order valence-corrected chi connectivity index (χ0v) is 9.22. The summed E-state index contributed by atoms with van der Waals surface area (Å²) in [5.74, 6) is -0.765. The molecule has 0 fully saturated rings. The Morgan fingerprint density at radius 1 is 1.46 bits per heavy atom. The number of carbonyl (C=O) groups is 1. The molecule has 0 bridgehead atoms. The maximum atomic E-state index is 10.7. The van der Waals surface area contributed by atoms with E-state index in [1.54, 1.807) is 0 Å². The molecular weight excluding hydrogens is 166 g/mol. The van der Waals surface area contributed by atoms with Crippen LogP contribution in [0.3, 0.4) is 0 Å². The lowest BCUT2D eigenvalue weighted by Gasteiger charge is -2.30. The van der Waals surface area contributed by atoms with Crippen molar-refractivity contribution in [1.29, 1.82) is 0 Å². The van der Waals surface area contributed by atoms with Gasteiger partial charge in [0.2, 0.25) is 0 Å². The number of nitrogens with one attached hydrogen (secondary N) is 1. The second kappa shape index (κ2) is 4.61. The first-order valence-corrected chi connectivity index (χ1v) is 4.78. The smallest absolute Gasteiger partial charge is 0.320 e. The molecule has 0 saturated heterocycles. The van der Waals surface area contributed by atoms with Crippen LogP contribution in [-0.4, -0.2) is 23.2 Å². The van der Waals surface area contributed by atoms with E-state index in [2.05, 4.69) is 26.1 Å². The lowest BCUT2D eigenvalue weighted by molar-refractivity contribution is -0.139. The van der Waals surface area contributed by atoms with E-state index in [4.69, 9.17) is 5.11 Å². The van der Waals surface area contributed by atoms with Crippen molar-refractivity contribution in [2.45, 2.75) is 53.1 Å². The number of hydrogen-bond donors (Lipinski definition) is 2. The van der Waals surface area contributed by atoms with Crippen LogP contribution >= 0.6 is 0 Å². The molecule has 0 aromatic rings. The molecule has 0 saturated carbocycles. The molecule has 2 unspecified atom stereocenters. The van der Waals surface area contributed by atoms with Gasteiger partial charge >= 0.3 is 5.97 Å². The molecule has 0 aliphatic rings. The highest BCUT2D eigenvalue weighted by Gasteiger charge is 2.24. The van der Waals surface area contributed by atoms with E-state index in [1.165, 1.54) is 0 Å². The first-order chi connectivity index (χ1) is 5.79. The van der Waals surface area contributed by atoms with Crippen LogP contribution in [-0.2, 0) is 4.79 Å². The zero-order valence-electron chi connectivity index (χ0n) is 9.22. The van der Waals surface area contributed by atoms with Crippen molar-refractivity contribution in [2.24, 2.45) is 5.41 Å². The van der Waals surface area contributed by atoms with Gasteiger partial charge in [0.1, 0.15) is 6.04 Å². The summed E-state index contributed by atoms with van der Waals surface area (Å²) in [6.07, 6.45) is 0.621. The highest BCUT2D eigenvalue weighted by atomic mass is 16.4. The molecule has 0 aliphatic carbocycles. The molecule has 13 heavy (non-hydrogen) atoms. The first-order valence-electron chi connectivity index (χ1n) is 4.78. The Kier molecular flexibility index (Phi) is 4.40. The predicted octanol–water partition coefficient (Wildman–Crippen LogP) is 1.87. The normalized spacial score (nSPS) is 16.7. The third-order valence-corrected chi connectivity index (χ3v) is 2.46. The van der Waals surface area contributed by atoms with Crippen molar-refractivity contribution in [2.75, 3.05) is 0 Å². The van der Waals surface area contributed by atoms with Crippen LogP contribution in [0.2, 0.25) is 0 Å². The van der Waals surface area contributed by atoms with Gasteiger partial charge in [0.15, 0.2) is 0 Å². The molecule has 0 spiro atoms. The number of rotatable bonds is 4. The molecular formula is C10H21NO2. The molecule has 2 atom stereocenters. The maximum Gasteiger partial charge on any atom is 0.320 e. The Morgan fingerprint density at radius 2 is 1.92 bits per heavy atom. The molecule has 0 rings (SSSR count). The highest BCUT2D eigenvalue weighted by molar-refractivity contribution is 5.73. The third kappa shape index (κ3) is 4.27. The molecule has 0 radical (unpaired) electrons. The average Bonchev–Trinajstić information content (AvgIpc) is 1.96. The number of hydrogen-bond acceptors (Lipinski definition) is 2. The van der Waals surface area contributed by atoms with Gasteiger partial charge in [0.25, 0.3) is 0 Å². The Hall–Kier alpha value is -0.570. The Bertz CT molecular complexity index is 172. The van der Waals surface area contributed by atoms with Crippen LogP contribution in [0.4, 0.5) is 0 Å². The van der Waals surface area contributed by atoms with Crippen LogP contribution in [0.1, 0.15) is 41.0 Å². The van der Waals surface area contributed by atoms with Gasteiger partial charge < -0.3 is 10.4 Å². The van der Waals surface area contributed by atoms with E-state index in [1.807, 2.05) is 13.8 Å². The van der Waals surface area contributed by atoms with Gasteiger partial charge in [-0.25, -0.2) is 0 Å². The molecule has 0 aromatic carbocycles. The fourth-order valence-electron chi connectivity index (χ4n) is 0.916. The molecule has 78 valence electrons. The fourth-order valence-corrected chi connectivity index (χ4v) is 0.916. The minimum absolute atomic E-state index is 0.100. The minimum Gasteiger partial charge on any atom is -0.480 e. The largest absolute Gasteiger partial charge is 0.480 e. The van der Waals surface area contributed by atoms with Crippen LogP contribution in [0.25, 0.3) is 0 Å². The molecule has 3 nitrogen and oxygen atoms in total. The number of aliphatic carboxylic acids is 1. The molecule has 0 aliphatic heterocycles. The van der Waals surface area contributed by atoms with Crippen molar-refractivity contribution in [3.05, 3.63) is 0 Å². The van der Waals surface area contributed by atoms with Gasteiger partial charge in [0.05, 0.1) is 0 Å². The van der Waals surface area contributed by atoms with E-state index in [0.717, 1.165) is 0 Å². The molecule has 0 heterocycles. The summed E-state index contributed by atoms with van der Waals surface area (Å²) in [5.41, 5.74) is 0.100. The van der Waals surface area contributed by atoms with Gasteiger partial charge in [-0.05, 0) is 18.8 Å². The van der Waals surface area contributed by atoms with Crippen LogP contribution in [0, 0.1) is 5.41 Å². The molecule has 2 N–H and O–H groups in total. The van der Waals surface area contributed by atoms with Crippen molar-refractivity contribution in [1.82, 2.24) is 5.32 Å². The molecule has 0 amide bonds. The van der Waals surface area contributed by atoms with Gasteiger partial charge in [-0.15, -0.1) is 0 Å². The van der Waals surface area contributed by atoms with E-state index in [-0.39, 0.29) is 11.5 Å². The zero-order chi connectivity index (χ0) is 10.6. The van der Waals surface area contributed by atoms with E-state index < -0.39 is 12.0 Å². The first kappa shape index (κ1) is 12.4. The molecule has 3 heteroatoms.